The summed E-state index contributed by atoms with van der Waals surface area (Å²) in [6, 6.07) is 12.4. The summed E-state index contributed by atoms with van der Waals surface area (Å²) in [4.78, 5) is 37.5. The predicted molar refractivity (Wildman–Crippen MR) is 105 cm³/mol. The molecule has 2 aromatic rings. The first-order valence-electron chi connectivity index (χ1n) is 8.65. The highest BCUT2D eigenvalue weighted by atomic mass is 16.5. The summed E-state index contributed by atoms with van der Waals surface area (Å²) in [5.41, 5.74) is 3.76. The van der Waals surface area contributed by atoms with E-state index in [1.165, 1.54) is 18.9 Å². The average molecular weight is 368 g/mol. The summed E-state index contributed by atoms with van der Waals surface area (Å²) < 4.78 is 4.71. The van der Waals surface area contributed by atoms with Gasteiger partial charge in [-0.15, -0.1) is 0 Å². The number of aryl methyl sites for hydroxylation is 2. The molecule has 0 bridgehead atoms. The van der Waals surface area contributed by atoms with E-state index >= 15 is 0 Å². The molecular weight excluding hydrogens is 344 g/mol. The van der Waals surface area contributed by atoms with Crippen molar-refractivity contribution in [2.75, 3.05) is 23.9 Å². The van der Waals surface area contributed by atoms with E-state index in [-0.39, 0.29) is 24.8 Å². The van der Waals surface area contributed by atoms with Crippen molar-refractivity contribution in [1.82, 2.24) is 0 Å². The largest absolute Gasteiger partial charge is 0.465 e. The third-order valence-corrected chi connectivity index (χ3v) is 4.18. The standard InChI is InChI=1S/C21H24N2O4/c1-14-8-9-19(15(2)12-14)22-20(25)10-11-23(16(3)24)18-7-5-6-17(13-18)21(26)27-4/h5-9,12-13H,10-11H2,1-4H3,(H,22,25). The van der Waals surface area contributed by atoms with Crippen LogP contribution in [-0.2, 0) is 14.3 Å². The zero-order valence-electron chi connectivity index (χ0n) is 16.0. The Kier molecular flexibility index (Phi) is 6.71. The van der Waals surface area contributed by atoms with E-state index in [4.69, 9.17) is 4.74 Å². The van der Waals surface area contributed by atoms with Gasteiger partial charge in [0.25, 0.3) is 0 Å². The van der Waals surface area contributed by atoms with Gasteiger partial charge in [0.2, 0.25) is 11.8 Å². The molecule has 142 valence electrons. The van der Waals surface area contributed by atoms with Gasteiger partial charge >= 0.3 is 5.97 Å². The number of benzene rings is 2. The van der Waals surface area contributed by atoms with Crippen molar-refractivity contribution >= 4 is 29.2 Å². The topological polar surface area (TPSA) is 75.7 Å². The van der Waals surface area contributed by atoms with Crippen molar-refractivity contribution in [2.45, 2.75) is 27.2 Å². The molecule has 6 nitrogen and oxygen atoms in total. The normalized spacial score (nSPS) is 10.2. The maximum atomic E-state index is 12.3. The van der Waals surface area contributed by atoms with Crippen molar-refractivity contribution < 1.29 is 19.1 Å². The Hall–Kier alpha value is -3.15. The SMILES string of the molecule is COC(=O)c1cccc(N(CCC(=O)Nc2ccc(C)cc2C)C(C)=O)c1. The molecule has 0 radical (unpaired) electrons. The van der Waals surface area contributed by atoms with Gasteiger partial charge in [-0.25, -0.2) is 4.79 Å². The number of nitrogens with one attached hydrogen (secondary N) is 1. The number of amides is 2. The van der Waals surface area contributed by atoms with Crippen LogP contribution in [0.5, 0.6) is 0 Å². The quantitative estimate of drug-likeness (QED) is 0.792. The summed E-state index contributed by atoms with van der Waals surface area (Å²) in [6.07, 6.45) is 0.134. The minimum absolute atomic E-state index is 0.134. The second-order valence-corrected chi connectivity index (χ2v) is 6.33. The van der Waals surface area contributed by atoms with Crippen LogP contribution in [-0.4, -0.2) is 31.4 Å². The number of anilines is 2. The van der Waals surface area contributed by atoms with Gasteiger partial charge in [-0.2, -0.15) is 0 Å². The van der Waals surface area contributed by atoms with Gasteiger partial charge in [-0.1, -0.05) is 23.8 Å². The molecule has 0 fully saturated rings. The number of hydrogen-bond acceptors (Lipinski definition) is 4. The molecule has 0 unspecified atom stereocenters. The molecule has 2 amide bonds. The Labute approximate surface area is 159 Å². The number of carbonyl (C=O) groups is 3. The van der Waals surface area contributed by atoms with Gasteiger partial charge in [0.05, 0.1) is 12.7 Å². The number of esters is 1. The van der Waals surface area contributed by atoms with Crippen molar-refractivity contribution in [3.63, 3.8) is 0 Å². The summed E-state index contributed by atoms with van der Waals surface area (Å²) in [5.74, 6) is -0.874. The second-order valence-electron chi connectivity index (χ2n) is 6.33. The third-order valence-electron chi connectivity index (χ3n) is 4.18. The van der Waals surface area contributed by atoms with E-state index in [0.717, 1.165) is 16.8 Å². The Balaban J connectivity index is 2.07. The fraction of sp³-hybridized carbons (Fsp3) is 0.286. The molecule has 0 saturated heterocycles. The lowest BCUT2D eigenvalue weighted by Crippen LogP contribution is -2.32. The van der Waals surface area contributed by atoms with E-state index in [2.05, 4.69) is 5.32 Å². The van der Waals surface area contributed by atoms with Gasteiger partial charge in [0.15, 0.2) is 0 Å². The lowest BCUT2D eigenvalue weighted by molar-refractivity contribution is -0.117. The number of ether oxygens (including phenoxy) is 1. The predicted octanol–water partition coefficient (Wildman–Crippen LogP) is 3.47. The lowest BCUT2D eigenvalue weighted by Gasteiger charge is -2.21. The van der Waals surface area contributed by atoms with E-state index < -0.39 is 5.97 Å². The zero-order chi connectivity index (χ0) is 20.0. The Bertz CT molecular complexity index is 861. The number of carbonyl (C=O) groups excluding carboxylic acids is 3. The molecule has 0 aromatic heterocycles. The molecule has 2 rings (SSSR count). The van der Waals surface area contributed by atoms with Crippen molar-refractivity contribution in [3.05, 3.63) is 59.2 Å². The first kappa shape index (κ1) is 20.2. The van der Waals surface area contributed by atoms with Crippen LogP contribution in [0.3, 0.4) is 0 Å². The first-order chi connectivity index (χ1) is 12.8. The average Bonchev–Trinajstić information content (AvgIpc) is 2.63. The van der Waals surface area contributed by atoms with Crippen LogP contribution < -0.4 is 10.2 Å². The first-order valence-corrected chi connectivity index (χ1v) is 8.65. The molecule has 0 atom stereocenters. The van der Waals surface area contributed by atoms with Gasteiger partial charge < -0.3 is 15.0 Å². The Morgan fingerprint density at radius 1 is 1.07 bits per heavy atom. The van der Waals surface area contributed by atoms with E-state index in [9.17, 15) is 14.4 Å². The van der Waals surface area contributed by atoms with Crippen molar-refractivity contribution in [2.24, 2.45) is 0 Å². The Morgan fingerprint density at radius 2 is 1.81 bits per heavy atom. The smallest absolute Gasteiger partial charge is 0.337 e. The molecular formula is C21H24N2O4. The molecule has 6 heteroatoms. The zero-order valence-corrected chi connectivity index (χ0v) is 16.0. The third kappa shape index (κ3) is 5.41. The summed E-state index contributed by atoms with van der Waals surface area (Å²) in [5, 5.41) is 2.87. The minimum Gasteiger partial charge on any atom is -0.465 e. The van der Waals surface area contributed by atoms with Gasteiger partial charge in [-0.05, 0) is 43.7 Å². The van der Waals surface area contributed by atoms with Crippen LogP contribution in [0.1, 0.15) is 34.8 Å². The molecule has 0 heterocycles. The highest BCUT2D eigenvalue weighted by Gasteiger charge is 2.16. The molecule has 0 aliphatic carbocycles. The van der Waals surface area contributed by atoms with E-state index in [1.807, 2.05) is 32.0 Å². The maximum Gasteiger partial charge on any atom is 0.337 e. The van der Waals surface area contributed by atoms with Gasteiger partial charge in [-0.3, -0.25) is 9.59 Å². The summed E-state index contributed by atoms with van der Waals surface area (Å²) in [7, 11) is 1.30. The minimum atomic E-state index is -0.479. The molecule has 2 aromatic carbocycles. The molecule has 0 spiro atoms. The fourth-order valence-corrected chi connectivity index (χ4v) is 2.77. The van der Waals surface area contributed by atoms with Crippen LogP contribution in [0, 0.1) is 13.8 Å². The molecule has 0 aliphatic rings. The van der Waals surface area contributed by atoms with Crippen LogP contribution in [0.2, 0.25) is 0 Å². The number of nitrogens with zero attached hydrogens (tertiary/aromatic N) is 1. The highest BCUT2D eigenvalue weighted by molar-refractivity contribution is 5.96. The summed E-state index contributed by atoms with van der Waals surface area (Å²) in [6.45, 7) is 5.55. The molecule has 0 saturated carbocycles. The maximum absolute atomic E-state index is 12.3. The van der Waals surface area contributed by atoms with Crippen molar-refractivity contribution in [3.8, 4) is 0 Å². The fourth-order valence-electron chi connectivity index (χ4n) is 2.77. The number of rotatable bonds is 6. The van der Waals surface area contributed by atoms with E-state index in [1.54, 1.807) is 24.3 Å². The second kappa shape index (κ2) is 8.98. The van der Waals surface area contributed by atoms with Crippen LogP contribution in [0.15, 0.2) is 42.5 Å². The number of hydrogen-bond donors (Lipinski definition) is 1. The van der Waals surface area contributed by atoms with Crippen LogP contribution in [0.25, 0.3) is 0 Å². The Morgan fingerprint density at radius 3 is 2.44 bits per heavy atom. The number of methoxy groups -OCH3 is 1. The van der Waals surface area contributed by atoms with Gasteiger partial charge in [0, 0.05) is 31.3 Å². The van der Waals surface area contributed by atoms with Crippen molar-refractivity contribution in [1.29, 1.82) is 0 Å². The molecule has 1 N–H and O–H groups in total. The molecule has 27 heavy (non-hydrogen) atoms. The van der Waals surface area contributed by atoms with Crippen LogP contribution >= 0.6 is 0 Å². The molecule has 0 aliphatic heterocycles. The highest BCUT2D eigenvalue weighted by Crippen LogP contribution is 2.19. The monoisotopic (exact) mass is 368 g/mol. The summed E-state index contributed by atoms with van der Waals surface area (Å²) >= 11 is 0. The van der Waals surface area contributed by atoms with Gasteiger partial charge in [0.1, 0.15) is 0 Å². The lowest BCUT2D eigenvalue weighted by atomic mass is 10.1. The van der Waals surface area contributed by atoms with E-state index in [0.29, 0.717) is 11.3 Å². The van der Waals surface area contributed by atoms with Crippen LogP contribution in [0.4, 0.5) is 11.4 Å².